The molecule has 0 fully saturated rings. The number of nitrogens with one attached hydrogen (secondary N) is 1. The van der Waals surface area contributed by atoms with Crippen LogP contribution < -0.4 is 10.1 Å². The summed E-state index contributed by atoms with van der Waals surface area (Å²) < 4.78 is 5.64. The molecule has 0 amide bonds. The monoisotopic (exact) mass is 260 g/mol. The van der Waals surface area contributed by atoms with Crippen molar-refractivity contribution in [1.82, 2.24) is 4.98 Å². The SMILES string of the molecule is CC(C)=CCOc1cccc(Nc2nccs2)c1. The highest BCUT2D eigenvalue weighted by molar-refractivity contribution is 7.13. The Balaban J connectivity index is 1.99. The van der Waals surface area contributed by atoms with Crippen LogP contribution >= 0.6 is 11.3 Å². The molecule has 0 saturated carbocycles. The second kappa shape index (κ2) is 6.21. The lowest BCUT2D eigenvalue weighted by Gasteiger charge is -2.07. The summed E-state index contributed by atoms with van der Waals surface area (Å²) in [6.07, 6.45) is 3.84. The molecule has 1 heterocycles. The first-order valence-electron chi connectivity index (χ1n) is 5.77. The molecule has 0 spiro atoms. The van der Waals surface area contributed by atoms with Crippen molar-refractivity contribution in [1.29, 1.82) is 0 Å². The average Bonchev–Trinajstić information content (AvgIpc) is 2.82. The molecular weight excluding hydrogens is 244 g/mol. The number of hydrogen-bond acceptors (Lipinski definition) is 4. The van der Waals surface area contributed by atoms with Crippen molar-refractivity contribution in [3.8, 4) is 5.75 Å². The number of hydrogen-bond donors (Lipinski definition) is 1. The van der Waals surface area contributed by atoms with E-state index in [2.05, 4.69) is 30.2 Å². The predicted octanol–water partition coefficient (Wildman–Crippen LogP) is 4.23. The first kappa shape index (κ1) is 12.6. The summed E-state index contributed by atoms with van der Waals surface area (Å²) in [5.74, 6) is 0.856. The Morgan fingerprint density at radius 3 is 3.06 bits per heavy atom. The minimum absolute atomic E-state index is 0.600. The quantitative estimate of drug-likeness (QED) is 0.817. The van der Waals surface area contributed by atoms with E-state index in [4.69, 9.17) is 4.74 Å². The van der Waals surface area contributed by atoms with Crippen LogP contribution in [0.2, 0.25) is 0 Å². The van der Waals surface area contributed by atoms with Gasteiger partial charge in [0.15, 0.2) is 5.13 Å². The molecule has 2 aromatic rings. The Labute approximate surface area is 111 Å². The molecular formula is C14H16N2OS. The topological polar surface area (TPSA) is 34.1 Å². The van der Waals surface area contributed by atoms with E-state index in [9.17, 15) is 0 Å². The van der Waals surface area contributed by atoms with Gasteiger partial charge in [0.2, 0.25) is 0 Å². The summed E-state index contributed by atoms with van der Waals surface area (Å²) >= 11 is 1.57. The summed E-state index contributed by atoms with van der Waals surface area (Å²) in [5.41, 5.74) is 2.24. The fourth-order valence-corrected chi connectivity index (χ4v) is 1.93. The molecule has 2 rings (SSSR count). The second-order valence-electron chi connectivity index (χ2n) is 4.08. The zero-order chi connectivity index (χ0) is 12.8. The van der Waals surface area contributed by atoms with E-state index in [0.717, 1.165) is 16.6 Å². The van der Waals surface area contributed by atoms with Crippen molar-refractivity contribution in [3.63, 3.8) is 0 Å². The maximum absolute atomic E-state index is 5.64. The zero-order valence-corrected chi connectivity index (χ0v) is 11.3. The number of rotatable bonds is 5. The van der Waals surface area contributed by atoms with Crippen molar-refractivity contribution >= 4 is 22.2 Å². The second-order valence-corrected chi connectivity index (χ2v) is 4.98. The third-order valence-corrected chi connectivity index (χ3v) is 2.95. The van der Waals surface area contributed by atoms with Crippen molar-refractivity contribution in [3.05, 3.63) is 47.5 Å². The fourth-order valence-electron chi connectivity index (χ4n) is 1.38. The van der Waals surface area contributed by atoms with E-state index in [1.807, 2.05) is 29.6 Å². The van der Waals surface area contributed by atoms with E-state index in [-0.39, 0.29) is 0 Å². The normalized spacial score (nSPS) is 9.89. The highest BCUT2D eigenvalue weighted by atomic mass is 32.1. The van der Waals surface area contributed by atoms with E-state index in [1.165, 1.54) is 5.57 Å². The summed E-state index contributed by atoms with van der Waals surface area (Å²) in [6, 6.07) is 7.88. The molecule has 0 aliphatic carbocycles. The van der Waals surface area contributed by atoms with Gasteiger partial charge in [0.05, 0.1) is 0 Å². The Bertz CT molecular complexity index is 516. The van der Waals surface area contributed by atoms with Crippen molar-refractivity contribution in [2.75, 3.05) is 11.9 Å². The summed E-state index contributed by atoms with van der Waals surface area (Å²) in [4.78, 5) is 4.18. The number of ether oxygens (including phenoxy) is 1. The highest BCUT2D eigenvalue weighted by Gasteiger charge is 1.98. The Morgan fingerprint density at radius 1 is 1.44 bits per heavy atom. The number of thiazole rings is 1. The molecule has 0 aliphatic rings. The molecule has 0 saturated heterocycles. The minimum atomic E-state index is 0.600. The van der Waals surface area contributed by atoms with Gasteiger partial charge in [0, 0.05) is 23.3 Å². The number of aromatic nitrogens is 1. The largest absolute Gasteiger partial charge is 0.489 e. The molecule has 0 unspecified atom stereocenters. The van der Waals surface area contributed by atoms with Gasteiger partial charge in [-0.25, -0.2) is 4.98 Å². The molecule has 18 heavy (non-hydrogen) atoms. The standard InChI is InChI=1S/C14H16N2OS/c1-11(2)6-8-17-13-5-3-4-12(10-13)16-14-15-7-9-18-14/h3-7,9-10H,8H2,1-2H3,(H,15,16). The van der Waals surface area contributed by atoms with Gasteiger partial charge in [-0.2, -0.15) is 0 Å². The summed E-state index contributed by atoms with van der Waals surface area (Å²) in [7, 11) is 0. The Hall–Kier alpha value is -1.81. The van der Waals surface area contributed by atoms with Gasteiger partial charge in [-0.05, 0) is 32.1 Å². The van der Waals surface area contributed by atoms with Gasteiger partial charge in [-0.1, -0.05) is 11.6 Å². The molecule has 1 aromatic carbocycles. The van der Waals surface area contributed by atoms with Gasteiger partial charge < -0.3 is 10.1 Å². The van der Waals surface area contributed by atoms with Crippen LogP contribution in [0.15, 0.2) is 47.5 Å². The van der Waals surface area contributed by atoms with Crippen LogP contribution in [0.3, 0.4) is 0 Å². The molecule has 1 aromatic heterocycles. The fraction of sp³-hybridized carbons (Fsp3) is 0.214. The first-order valence-corrected chi connectivity index (χ1v) is 6.65. The lowest BCUT2D eigenvalue weighted by molar-refractivity contribution is 0.362. The molecule has 0 radical (unpaired) electrons. The molecule has 0 aliphatic heterocycles. The van der Waals surface area contributed by atoms with Gasteiger partial charge >= 0.3 is 0 Å². The van der Waals surface area contributed by atoms with Gasteiger partial charge in [-0.15, -0.1) is 11.3 Å². The third-order valence-electron chi connectivity index (χ3n) is 2.26. The van der Waals surface area contributed by atoms with Crippen LogP contribution in [0.4, 0.5) is 10.8 Å². The molecule has 94 valence electrons. The molecule has 3 nitrogen and oxygen atoms in total. The van der Waals surface area contributed by atoms with E-state index in [1.54, 1.807) is 17.5 Å². The lowest BCUT2D eigenvalue weighted by atomic mass is 10.3. The van der Waals surface area contributed by atoms with Crippen molar-refractivity contribution < 1.29 is 4.74 Å². The van der Waals surface area contributed by atoms with E-state index >= 15 is 0 Å². The number of allylic oxidation sites excluding steroid dienone is 1. The van der Waals surface area contributed by atoms with Crippen LogP contribution in [0, 0.1) is 0 Å². The molecule has 0 atom stereocenters. The van der Waals surface area contributed by atoms with Gasteiger partial charge in [0.25, 0.3) is 0 Å². The van der Waals surface area contributed by atoms with Gasteiger partial charge in [-0.3, -0.25) is 0 Å². The summed E-state index contributed by atoms with van der Waals surface area (Å²) in [6.45, 7) is 4.72. The van der Waals surface area contributed by atoms with Gasteiger partial charge in [0.1, 0.15) is 12.4 Å². The van der Waals surface area contributed by atoms with Crippen molar-refractivity contribution in [2.45, 2.75) is 13.8 Å². The summed E-state index contributed by atoms with van der Waals surface area (Å²) in [5, 5.41) is 6.06. The smallest absolute Gasteiger partial charge is 0.187 e. The number of anilines is 2. The highest BCUT2D eigenvalue weighted by Crippen LogP contribution is 2.22. The number of benzene rings is 1. The first-order chi connectivity index (χ1) is 8.74. The predicted molar refractivity (Wildman–Crippen MR) is 76.8 cm³/mol. The molecule has 4 heteroatoms. The maximum Gasteiger partial charge on any atom is 0.187 e. The maximum atomic E-state index is 5.64. The lowest BCUT2D eigenvalue weighted by Crippen LogP contribution is -1.95. The van der Waals surface area contributed by atoms with E-state index in [0.29, 0.717) is 6.61 Å². The Kier molecular flexibility index (Phi) is 4.36. The Morgan fingerprint density at radius 2 is 2.33 bits per heavy atom. The average molecular weight is 260 g/mol. The third kappa shape index (κ3) is 3.89. The number of nitrogens with zero attached hydrogens (tertiary/aromatic N) is 1. The van der Waals surface area contributed by atoms with Crippen LogP contribution in [-0.2, 0) is 0 Å². The van der Waals surface area contributed by atoms with Crippen molar-refractivity contribution in [2.24, 2.45) is 0 Å². The van der Waals surface area contributed by atoms with Crippen LogP contribution in [0.5, 0.6) is 5.75 Å². The van der Waals surface area contributed by atoms with Crippen LogP contribution in [0.1, 0.15) is 13.8 Å². The molecule has 0 bridgehead atoms. The molecule has 1 N–H and O–H groups in total. The minimum Gasteiger partial charge on any atom is -0.489 e. The van der Waals surface area contributed by atoms with Crippen LogP contribution in [-0.4, -0.2) is 11.6 Å². The zero-order valence-electron chi connectivity index (χ0n) is 10.5. The van der Waals surface area contributed by atoms with E-state index < -0.39 is 0 Å². The van der Waals surface area contributed by atoms with Crippen LogP contribution in [0.25, 0.3) is 0 Å².